The fourth-order valence-electron chi connectivity index (χ4n) is 2.70. The van der Waals surface area contributed by atoms with Crippen LogP contribution < -0.4 is 10.6 Å². The van der Waals surface area contributed by atoms with E-state index in [2.05, 4.69) is 20.2 Å². The Morgan fingerprint density at radius 2 is 2.08 bits per heavy atom. The minimum Gasteiger partial charge on any atom is -0.388 e. The van der Waals surface area contributed by atoms with Crippen LogP contribution in [0.1, 0.15) is 33.0 Å². The molecule has 2 rings (SSSR count). The van der Waals surface area contributed by atoms with Crippen molar-refractivity contribution in [3.8, 4) is 0 Å². The van der Waals surface area contributed by atoms with Crippen molar-refractivity contribution in [1.82, 2.24) is 20.2 Å². The van der Waals surface area contributed by atoms with Crippen LogP contribution in [-0.4, -0.2) is 39.4 Å². The standard InChI is InChI=1S/C18H28N4O2/c1-5-13(2)18(4,24)12-20-17(23)19-10-11-22-14(3)21-15-8-6-7-9-16(15)22/h6-9,13,24H,5,10-12H2,1-4H3,(H2,19,20,23). The Balaban J connectivity index is 1.83. The second-order valence-corrected chi connectivity index (χ2v) is 6.58. The number of carbonyl (C=O) groups is 1. The van der Waals surface area contributed by atoms with Crippen molar-refractivity contribution in [1.29, 1.82) is 0 Å². The molecule has 2 unspecified atom stereocenters. The molecule has 132 valence electrons. The predicted octanol–water partition coefficient (Wildman–Crippen LogP) is 2.44. The normalized spacial score (nSPS) is 15.0. The van der Waals surface area contributed by atoms with Crippen molar-refractivity contribution in [3.63, 3.8) is 0 Å². The van der Waals surface area contributed by atoms with Crippen LogP contribution in [0.3, 0.4) is 0 Å². The number of imidazole rings is 1. The Morgan fingerprint density at radius 3 is 2.79 bits per heavy atom. The fraction of sp³-hybridized carbons (Fsp3) is 0.556. The van der Waals surface area contributed by atoms with Gasteiger partial charge in [0.15, 0.2) is 0 Å². The fourth-order valence-corrected chi connectivity index (χ4v) is 2.70. The zero-order valence-corrected chi connectivity index (χ0v) is 15.0. The molecular formula is C18H28N4O2. The molecule has 0 aliphatic carbocycles. The number of hydrogen-bond acceptors (Lipinski definition) is 3. The Labute approximate surface area is 143 Å². The largest absolute Gasteiger partial charge is 0.388 e. The summed E-state index contributed by atoms with van der Waals surface area (Å²) < 4.78 is 2.09. The molecule has 3 N–H and O–H groups in total. The molecule has 6 nitrogen and oxygen atoms in total. The highest BCUT2D eigenvalue weighted by molar-refractivity contribution is 5.76. The number of benzene rings is 1. The summed E-state index contributed by atoms with van der Waals surface area (Å²) >= 11 is 0. The lowest BCUT2D eigenvalue weighted by Crippen LogP contribution is -2.48. The third-order valence-corrected chi connectivity index (χ3v) is 4.75. The van der Waals surface area contributed by atoms with E-state index in [4.69, 9.17) is 0 Å². The number of aryl methyl sites for hydroxylation is 1. The third kappa shape index (κ3) is 4.26. The highest BCUT2D eigenvalue weighted by Crippen LogP contribution is 2.18. The number of amides is 2. The van der Waals surface area contributed by atoms with Gasteiger partial charge in [0.2, 0.25) is 0 Å². The SMILES string of the molecule is CCC(C)C(C)(O)CNC(=O)NCCn1c(C)nc2ccccc21. The summed E-state index contributed by atoms with van der Waals surface area (Å²) in [6, 6.07) is 7.69. The minimum atomic E-state index is -0.900. The average Bonchev–Trinajstić information content (AvgIpc) is 2.88. The summed E-state index contributed by atoms with van der Waals surface area (Å²) in [4.78, 5) is 16.4. The molecule has 6 heteroatoms. The van der Waals surface area contributed by atoms with E-state index < -0.39 is 5.60 Å². The van der Waals surface area contributed by atoms with Gasteiger partial charge in [-0.05, 0) is 31.9 Å². The summed E-state index contributed by atoms with van der Waals surface area (Å²) in [5.41, 5.74) is 1.13. The second kappa shape index (κ2) is 7.66. The van der Waals surface area contributed by atoms with Crippen LogP contribution >= 0.6 is 0 Å². The average molecular weight is 332 g/mol. The summed E-state index contributed by atoms with van der Waals surface area (Å²) in [6.45, 7) is 9.11. The van der Waals surface area contributed by atoms with Gasteiger partial charge in [-0.15, -0.1) is 0 Å². The monoisotopic (exact) mass is 332 g/mol. The van der Waals surface area contributed by atoms with Crippen molar-refractivity contribution < 1.29 is 9.90 Å². The summed E-state index contributed by atoms with van der Waals surface area (Å²) in [6.07, 6.45) is 0.864. The summed E-state index contributed by atoms with van der Waals surface area (Å²) in [7, 11) is 0. The Morgan fingerprint density at radius 1 is 1.38 bits per heavy atom. The molecule has 0 radical (unpaired) electrons. The second-order valence-electron chi connectivity index (χ2n) is 6.58. The van der Waals surface area contributed by atoms with Crippen molar-refractivity contribution in [2.45, 2.75) is 46.3 Å². The van der Waals surface area contributed by atoms with Gasteiger partial charge in [-0.1, -0.05) is 32.4 Å². The Kier molecular flexibility index (Phi) is 5.83. The molecule has 0 aliphatic rings. The van der Waals surface area contributed by atoms with Crippen LogP contribution in [0.4, 0.5) is 4.79 Å². The molecule has 2 amide bonds. The van der Waals surface area contributed by atoms with E-state index in [1.165, 1.54) is 0 Å². The zero-order valence-electron chi connectivity index (χ0n) is 15.0. The van der Waals surface area contributed by atoms with Gasteiger partial charge in [0.1, 0.15) is 5.82 Å². The molecule has 0 bridgehead atoms. The minimum absolute atomic E-state index is 0.123. The number of para-hydroxylation sites is 2. The van der Waals surface area contributed by atoms with E-state index in [9.17, 15) is 9.90 Å². The maximum Gasteiger partial charge on any atom is 0.314 e. The molecule has 2 aromatic rings. The number of rotatable bonds is 7. The molecule has 1 aromatic heterocycles. The molecule has 0 fully saturated rings. The number of aliphatic hydroxyl groups is 1. The molecule has 0 saturated carbocycles. The van der Waals surface area contributed by atoms with E-state index in [1.54, 1.807) is 6.92 Å². The van der Waals surface area contributed by atoms with Crippen molar-refractivity contribution in [3.05, 3.63) is 30.1 Å². The summed E-state index contributed by atoms with van der Waals surface area (Å²) in [5.74, 6) is 1.05. The van der Waals surface area contributed by atoms with Crippen LogP contribution in [0.5, 0.6) is 0 Å². The first-order chi connectivity index (χ1) is 11.3. The first-order valence-corrected chi connectivity index (χ1v) is 8.51. The van der Waals surface area contributed by atoms with Crippen LogP contribution in [-0.2, 0) is 6.54 Å². The molecule has 1 heterocycles. The van der Waals surface area contributed by atoms with Gasteiger partial charge in [0, 0.05) is 19.6 Å². The predicted molar refractivity (Wildman–Crippen MR) is 96.0 cm³/mol. The Bertz CT molecular complexity index is 693. The molecule has 0 spiro atoms. The number of hydrogen-bond donors (Lipinski definition) is 3. The van der Waals surface area contributed by atoms with E-state index in [-0.39, 0.29) is 18.5 Å². The lowest BCUT2D eigenvalue weighted by Gasteiger charge is -2.29. The van der Waals surface area contributed by atoms with Gasteiger partial charge in [0.05, 0.1) is 16.6 Å². The highest BCUT2D eigenvalue weighted by atomic mass is 16.3. The van der Waals surface area contributed by atoms with Gasteiger partial charge in [-0.25, -0.2) is 9.78 Å². The number of nitrogens with zero attached hydrogens (tertiary/aromatic N) is 2. The van der Waals surface area contributed by atoms with Gasteiger partial charge in [-0.2, -0.15) is 0 Å². The van der Waals surface area contributed by atoms with Crippen LogP contribution in [0.15, 0.2) is 24.3 Å². The molecule has 2 atom stereocenters. The number of nitrogens with one attached hydrogen (secondary N) is 2. The molecule has 0 aliphatic heterocycles. The lowest BCUT2D eigenvalue weighted by atomic mass is 9.89. The lowest BCUT2D eigenvalue weighted by molar-refractivity contribution is 0.00791. The molecular weight excluding hydrogens is 304 g/mol. The van der Waals surface area contributed by atoms with E-state index in [0.717, 1.165) is 23.3 Å². The number of urea groups is 1. The van der Waals surface area contributed by atoms with Gasteiger partial charge >= 0.3 is 6.03 Å². The topological polar surface area (TPSA) is 79.2 Å². The Hall–Kier alpha value is -2.08. The van der Waals surface area contributed by atoms with E-state index in [0.29, 0.717) is 13.1 Å². The van der Waals surface area contributed by atoms with Crippen LogP contribution in [0.2, 0.25) is 0 Å². The van der Waals surface area contributed by atoms with Crippen molar-refractivity contribution >= 4 is 17.1 Å². The number of aromatic nitrogens is 2. The van der Waals surface area contributed by atoms with Gasteiger partial charge in [0.25, 0.3) is 0 Å². The quantitative estimate of drug-likeness (QED) is 0.728. The van der Waals surface area contributed by atoms with Gasteiger partial charge in [-0.3, -0.25) is 0 Å². The van der Waals surface area contributed by atoms with Crippen LogP contribution in [0.25, 0.3) is 11.0 Å². The maximum absolute atomic E-state index is 11.9. The smallest absolute Gasteiger partial charge is 0.314 e. The molecule has 0 saturated heterocycles. The maximum atomic E-state index is 11.9. The zero-order chi connectivity index (χ0) is 17.7. The highest BCUT2D eigenvalue weighted by Gasteiger charge is 2.27. The van der Waals surface area contributed by atoms with E-state index in [1.807, 2.05) is 45.0 Å². The first kappa shape index (κ1) is 18.3. The molecule has 1 aromatic carbocycles. The first-order valence-electron chi connectivity index (χ1n) is 8.51. The third-order valence-electron chi connectivity index (χ3n) is 4.75. The van der Waals surface area contributed by atoms with Crippen molar-refractivity contribution in [2.24, 2.45) is 5.92 Å². The summed E-state index contributed by atoms with van der Waals surface area (Å²) in [5, 5.41) is 15.9. The van der Waals surface area contributed by atoms with Crippen LogP contribution in [0, 0.1) is 12.8 Å². The number of fused-ring (bicyclic) bond motifs is 1. The van der Waals surface area contributed by atoms with Crippen molar-refractivity contribution in [2.75, 3.05) is 13.1 Å². The van der Waals surface area contributed by atoms with E-state index >= 15 is 0 Å². The number of carbonyl (C=O) groups excluding carboxylic acids is 1. The molecule has 24 heavy (non-hydrogen) atoms. The van der Waals surface area contributed by atoms with Gasteiger partial charge < -0.3 is 20.3 Å².